The number of β-amino-alcohol motifs (C(OH)–C–C–N with tert-alkyl or cyclic N) is 1. The van der Waals surface area contributed by atoms with E-state index >= 15 is 0 Å². The van der Waals surface area contributed by atoms with Crippen LogP contribution in [0.2, 0.25) is 5.02 Å². The molecule has 1 saturated heterocycles. The number of guanidine groups is 1. The largest absolute Gasteiger partial charge is 0.487 e. The summed E-state index contributed by atoms with van der Waals surface area (Å²) in [6, 6.07) is 7.48. The summed E-state index contributed by atoms with van der Waals surface area (Å²) in [6.45, 7) is 11.2. The van der Waals surface area contributed by atoms with Crippen LogP contribution in [0.3, 0.4) is 0 Å². The third-order valence-electron chi connectivity index (χ3n) is 4.67. The zero-order valence-corrected chi connectivity index (χ0v) is 18.5. The maximum absolute atomic E-state index is 10.7. The molecule has 1 aliphatic heterocycles. The molecule has 0 amide bonds. The Balaban J connectivity index is 1.88. The second-order valence-corrected chi connectivity index (χ2v) is 7.95. The third-order valence-corrected chi connectivity index (χ3v) is 4.99. The fraction of sp³-hybridized carbons (Fsp3) is 0.667. The normalized spacial score (nSPS) is 18.7. The molecule has 0 aromatic heterocycles. The van der Waals surface area contributed by atoms with Crippen molar-refractivity contribution in [1.82, 2.24) is 15.5 Å². The molecular formula is C21H35ClN4O3. The molecule has 1 aromatic rings. The number of halogens is 1. The Labute approximate surface area is 179 Å². The first-order valence-electron chi connectivity index (χ1n) is 10.4. The van der Waals surface area contributed by atoms with Crippen molar-refractivity contribution in [2.24, 2.45) is 4.99 Å². The Bertz CT molecular complexity index is 636. The molecule has 29 heavy (non-hydrogen) atoms. The summed E-state index contributed by atoms with van der Waals surface area (Å²) in [4.78, 5) is 6.80. The van der Waals surface area contributed by atoms with Gasteiger partial charge >= 0.3 is 0 Å². The second kappa shape index (κ2) is 12.2. The van der Waals surface area contributed by atoms with Gasteiger partial charge in [0, 0.05) is 26.2 Å². The van der Waals surface area contributed by atoms with Gasteiger partial charge in [-0.1, -0.05) is 30.7 Å². The summed E-state index contributed by atoms with van der Waals surface area (Å²) >= 11 is 6.20. The molecule has 1 heterocycles. The van der Waals surface area contributed by atoms with Gasteiger partial charge in [0.1, 0.15) is 11.9 Å². The topological polar surface area (TPSA) is 78.4 Å². The van der Waals surface area contributed by atoms with Crippen molar-refractivity contribution in [2.45, 2.75) is 38.9 Å². The van der Waals surface area contributed by atoms with Gasteiger partial charge in [-0.05, 0) is 32.4 Å². The smallest absolute Gasteiger partial charge is 0.191 e. The molecule has 0 radical (unpaired) electrons. The third kappa shape index (κ3) is 8.78. The summed E-state index contributed by atoms with van der Waals surface area (Å²) in [7, 11) is 0. The molecular weight excluding hydrogens is 392 g/mol. The van der Waals surface area contributed by atoms with E-state index in [-0.39, 0.29) is 6.10 Å². The van der Waals surface area contributed by atoms with Gasteiger partial charge in [0.05, 0.1) is 36.9 Å². The predicted octanol–water partition coefficient (Wildman–Crippen LogP) is 2.14. The van der Waals surface area contributed by atoms with Gasteiger partial charge in [-0.15, -0.1) is 0 Å². The molecule has 3 N–H and O–H groups in total. The van der Waals surface area contributed by atoms with Crippen LogP contribution in [0.5, 0.6) is 5.75 Å². The number of para-hydroxylation sites is 1. The minimum absolute atomic E-state index is 0.0485. The zero-order chi connectivity index (χ0) is 21.1. The van der Waals surface area contributed by atoms with Crippen molar-refractivity contribution in [1.29, 1.82) is 0 Å². The van der Waals surface area contributed by atoms with Crippen LogP contribution in [0.1, 0.15) is 27.2 Å². The molecule has 7 nitrogen and oxygen atoms in total. The summed E-state index contributed by atoms with van der Waals surface area (Å²) in [5.74, 6) is 1.34. The molecule has 164 valence electrons. The number of hydrogen-bond donors (Lipinski definition) is 3. The summed E-state index contributed by atoms with van der Waals surface area (Å²) in [5, 5.41) is 17.9. The Morgan fingerprint density at radius 2 is 2.03 bits per heavy atom. The van der Waals surface area contributed by atoms with Crippen LogP contribution in [-0.2, 0) is 4.74 Å². The first kappa shape index (κ1) is 23.7. The van der Waals surface area contributed by atoms with Crippen LogP contribution in [0, 0.1) is 0 Å². The Morgan fingerprint density at radius 3 is 2.69 bits per heavy atom. The van der Waals surface area contributed by atoms with Crippen LogP contribution < -0.4 is 15.4 Å². The number of nitrogens with zero attached hydrogens (tertiary/aromatic N) is 2. The predicted molar refractivity (Wildman–Crippen MR) is 118 cm³/mol. The highest BCUT2D eigenvalue weighted by molar-refractivity contribution is 6.32. The van der Waals surface area contributed by atoms with E-state index < -0.39 is 5.60 Å². The molecule has 1 aromatic carbocycles. The van der Waals surface area contributed by atoms with Crippen molar-refractivity contribution in [3.05, 3.63) is 29.3 Å². The van der Waals surface area contributed by atoms with Crippen molar-refractivity contribution < 1.29 is 14.6 Å². The van der Waals surface area contributed by atoms with Crippen LogP contribution >= 0.6 is 11.6 Å². The maximum Gasteiger partial charge on any atom is 0.191 e. The van der Waals surface area contributed by atoms with Crippen molar-refractivity contribution in [3.8, 4) is 5.75 Å². The average Bonchev–Trinajstić information content (AvgIpc) is 2.71. The number of morpholine rings is 1. The van der Waals surface area contributed by atoms with Gasteiger partial charge in [0.2, 0.25) is 0 Å². The lowest BCUT2D eigenvalue weighted by molar-refractivity contribution is -0.0180. The lowest BCUT2D eigenvalue weighted by atomic mass is 10.1. The van der Waals surface area contributed by atoms with Gasteiger partial charge < -0.3 is 25.2 Å². The van der Waals surface area contributed by atoms with Gasteiger partial charge in [0.25, 0.3) is 0 Å². The summed E-state index contributed by atoms with van der Waals surface area (Å²) in [6.07, 6.45) is 0.777. The molecule has 1 aliphatic rings. The number of benzene rings is 1. The average molecular weight is 427 g/mol. The molecule has 2 unspecified atom stereocenters. The lowest BCUT2D eigenvalue weighted by Crippen LogP contribution is -2.48. The quantitative estimate of drug-likeness (QED) is 0.393. The van der Waals surface area contributed by atoms with Gasteiger partial charge in [-0.25, -0.2) is 0 Å². The van der Waals surface area contributed by atoms with Crippen LogP contribution in [0.15, 0.2) is 29.3 Å². The fourth-order valence-corrected chi connectivity index (χ4v) is 3.26. The highest BCUT2D eigenvalue weighted by Gasteiger charge is 2.25. The highest BCUT2D eigenvalue weighted by atomic mass is 35.5. The minimum Gasteiger partial charge on any atom is -0.487 e. The first-order valence-corrected chi connectivity index (χ1v) is 10.8. The molecule has 8 heteroatoms. The standard InChI is InChI=1S/C21H35ClN4O3/c1-4-17(29-19-9-7-6-8-18(19)22)14-24-20(23-5-2)25-15-21(3,27)16-26-10-12-28-13-11-26/h6-9,17,27H,4-5,10-16H2,1-3H3,(H2,23,24,25). The number of aliphatic hydroxyl groups is 1. The first-order chi connectivity index (χ1) is 13.9. The minimum atomic E-state index is -0.905. The Kier molecular flexibility index (Phi) is 10.0. The van der Waals surface area contributed by atoms with Gasteiger partial charge in [0.15, 0.2) is 5.96 Å². The molecule has 2 atom stereocenters. The maximum atomic E-state index is 10.7. The van der Waals surface area contributed by atoms with E-state index in [4.69, 9.17) is 21.1 Å². The van der Waals surface area contributed by atoms with Gasteiger partial charge in [-0.2, -0.15) is 0 Å². The van der Waals surface area contributed by atoms with Crippen molar-refractivity contribution in [2.75, 3.05) is 52.5 Å². The lowest BCUT2D eigenvalue weighted by Gasteiger charge is -2.33. The molecule has 2 rings (SSSR count). The Morgan fingerprint density at radius 1 is 1.31 bits per heavy atom. The zero-order valence-electron chi connectivity index (χ0n) is 17.8. The molecule has 0 saturated carbocycles. The van der Waals surface area contributed by atoms with E-state index in [9.17, 15) is 5.11 Å². The van der Waals surface area contributed by atoms with E-state index in [1.807, 2.05) is 38.1 Å². The monoisotopic (exact) mass is 426 g/mol. The number of nitrogens with one attached hydrogen (secondary N) is 2. The second-order valence-electron chi connectivity index (χ2n) is 7.54. The summed E-state index contributed by atoms with van der Waals surface area (Å²) < 4.78 is 11.4. The van der Waals surface area contributed by atoms with Gasteiger partial charge in [-0.3, -0.25) is 9.89 Å². The Hall–Kier alpha value is -1.54. The van der Waals surface area contributed by atoms with Crippen molar-refractivity contribution >= 4 is 17.6 Å². The van der Waals surface area contributed by atoms with E-state index in [2.05, 4.69) is 27.4 Å². The SMILES string of the molecule is CCNC(=NCC(C)(O)CN1CCOCC1)NCC(CC)Oc1ccccc1Cl. The molecule has 0 bridgehead atoms. The van der Waals surface area contributed by atoms with Crippen LogP contribution in [-0.4, -0.2) is 80.2 Å². The van der Waals surface area contributed by atoms with E-state index in [0.717, 1.165) is 26.1 Å². The molecule has 0 aliphatic carbocycles. The number of rotatable bonds is 10. The van der Waals surface area contributed by atoms with Crippen LogP contribution in [0.25, 0.3) is 0 Å². The highest BCUT2D eigenvalue weighted by Crippen LogP contribution is 2.24. The number of ether oxygens (including phenoxy) is 2. The van der Waals surface area contributed by atoms with Crippen LogP contribution in [0.4, 0.5) is 0 Å². The number of aliphatic imine (C=N–C) groups is 1. The van der Waals surface area contributed by atoms with E-state index in [0.29, 0.717) is 49.6 Å². The number of hydrogen-bond acceptors (Lipinski definition) is 5. The van der Waals surface area contributed by atoms with E-state index in [1.54, 1.807) is 0 Å². The fourth-order valence-electron chi connectivity index (χ4n) is 3.08. The van der Waals surface area contributed by atoms with E-state index in [1.165, 1.54) is 0 Å². The van der Waals surface area contributed by atoms with Crippen molar-refractivity contribution in [3.63, 3.8) is 0 Å². The summed E-state index contributed by atoms with van der Waals surface area (Å²) in [5.41, 5.74) is -0.905. The molecule has 0 spiro atoms. The molecule has 1 fully saturated rings.